The highest BCUT2D eigenvalue weighted by Crippen LogP contribution is 2.74. The molecule has 0 bridgehead atoms. The molecule has 1 unspecified atom stereocenters. The SMILES string of the molecule is CC1(C)CC[C@]2(C(=O)O)CC[C@]3(C)[C@H](C(=O)C=C4[C@@]5(C)C=C(C#N)C(=O)C(C)(C)C5CC[C@]43C)[C@@H]2C1. The highest BCUT2D eigenvalue weighted by atomic mass is 16.4. The summed E-state index contributed by atoms with van der Waals surface area (Å²) < 4.78 is 0. The normalized spacial score (nSPS) is 46.7. The number of carbonyl (C=O) groups is 3. The molecule has 5 aliphatic carbocycles. The predicted molar refractivity (Wildman–Crippen MR) is 137 cm³/mol. The van der Waals surface area contributed by atoms with Gasteiger partial charge in [0, 0.05) is 16.7 Å². The van der Waals surface area contributed by atoms with Gasteiger partial charge in [-0.2, -0.15) is 5.26 Å². The Kier molecular flexibility index (Phi) is 5.09. The summed E-state index contributed by atoms with van der Waals surface area (Å²) in [6.07, 6.45) is 8.98. The van der Waals surface area contributed by atoms with Crippen molar-refractivity contribution in [3.05, 3.63) is 23.3 Å². The van der Waals surface area contributed by atoms with E-state index in [4.69, 9.17) is 0 Å². The molecule has 0 spiro atoms. The first-order valence-corrected chi connectivity index (χ1v) is 13.7. The number of aliphatic carboxylic acids is 1. The Morgan fingerprint density at radius 3 is 2.25 bits per heavy atom. The quantitative estimate of drug-likeness (QED) is 0.465. The molecule has 0 aromatic heterocycles. The van der Waals surface area contributed by atoms with E-state index in [1.165, 1.54) is 0 Å². The highest BCUT2D eigenvalue weighted by Gasteiger charge is 2.70. The molecule has 0 aliphatic heterocycles. The van der Waals surface area contributed by atoms with Crippen molar-refractivity contribution >= 4 is 17.5 Å². The van der Waals surface area contributed by atoms with Crippen LogP contribution in [0.1, 0.15) is 93.4 Å². The van der Waals surface area contributed by atoms with Crippen LogP contribution >= 0.6 is 0 Å². The van der Waals surface area contributed by atoms with Gasteiger partial charge in [-0.05, 0) is 79.1 Å². The standard InChI is InChI=1S/C31H41NO4/c1-26(2)10-12-31(25(35)36)13-11-30(7)23(19(31)16-26)20(33)14-22-28(5)15-18(17-32)24(34)27(3,4)21(28)8-9-29(22,30)6/h14-15,19,21,23H,8-13,16H2,1-7H3,(H,35,36)/t19-,21?,23-,28-,29+,30+,31-/m0/s1. The Morgan fingerprint density at radius 1 is 1.00 bits per heavy atom. The van der Waals surface area contributed by atoms with Crippen molar-refractivity contribution in [2.24, 2.45) is 50.2 Å². The maximum Gasteiger partial charge on any atom is 0.309 e. The zero-order valence-corrected chi connectivity index (χ0v) is 23.0. The Morgan fingerprint density at radius 2 is 1.64 bits per heavy atom. The lowest BCUT2D eigenvalue weighted by Crippen LogP contribution is -2.65. The molecule has 36 heavy (non-hydrogen) atoms. The first-order valence-electron chi connectivity index (χ1n) is 13.7. The van der Waals surface area contributed by atoms with Crippen molar-refractivity contribution < 1.29 is 19.5 Å². The fourth-order valence-corrected chi connectivity index (χ4v) is 10.0. The fourth-order valence-electron chi connectivity index (χ4n) is 10.0. The van der Waals surface area contributed by atoms with E-state index in [9.17, 15) is 24.8 Å². The molecule has 0 heterocycles. The number of ketones is 2. The van der Waals surface area contributed by atoms with Crippen LogP contribution in [-0.2, 0) is 14.4 Å². The summed E-state index contributed by atoms with van der Waals surface area (Å²) in [5, 5.41) is 20.3. The molecule has 5 aliphatic rings. The summed E-state index contributed by atoms with van der Waals surface area (Å²) >= 11 is 0. The Hall–Kier alpha value is -2.22. The lowest BCUT2D eigenvalue weighted by Gasteiger charge is -2.68. The van der Waals surface area contributed by atoms with Crippen molar-refractivity contribution in [3.8, 4) is 6.07 Å². The molecule has 5 heteroatoms. The van der Waals surface area contributed by atoms with Crippen LogP contribution in [0, 0.1) is 61.6 Å². The van der Waals surface area contributed by atoms with Crippen molar-refractivity contribution in [1.82, 2.24) is 0 Å². The third-order valence-corrected chi connectivity index (χ3v) is 12.3. The molecule has 3 saturated carbocycles. The molecule has 0 aromatic rings. The number of rotatable bonds is 1. The number of nitrogens with zero attached hydrogens (tertiary/aromatic N) is 1. The van der Waals surface area contributed by atoms with E-state index in [1.54, 1.807) is 0 Å². The average molecular weight is 492 g/mol. The first-order chi connectivity index (χ1) is 16.5. The van der Waals surface area contributed by atoms with Crippen molar-refractivity contribution in [2.45, 2.75) is 93.4 Å². The van der Waals surface area contributed by atoms with Gasteiger partial charge in [0.1, 0.15) is 6.07 Å². The van der Waals surface area contributed by atoms with E-state index < -0.39 is 22.2 Å². The van der Waals surface area contributed by atoms with Crippen LogP contribution in [0.15, 0.2) is 23.3 Å². The lowest BCUT2D eigenvalue weighted by molar-refractivity contribution is -0.188. The number of carboxylic acid groups (broad SMARTS) is 1. The van der Waals surface area contributed by atoms with Gasteiger partial charge < -0.3 is 5.11 Å². The molecule has 3 fully saturated rings. The largest absolute Gasteiger partial charge is 0.481 e. The van der Waals surface area contributed by atoms with E-state index in [2.05, 4.69) is 40.7 Å². The monoisotopic (exact) mass is 491 g/mol. The summed E-state index contributed by atoms with van der Waals surface area (Å²) in [6.45, 7) is 15.0. The van der Waals surface area contributed by atoms with Crippen molar-refractivity contribution in [3.63, 3.8) is 0 Å². The van der Waals surface area contributed by atoms with Crippen molar-refractivity contribution in [2.75, 3.05) is 0 Å². The Labute approximate surface area is 215 Å². The third-order valence-electron chi connectivity index (χ3n) is 12.3. The molecular formula is C31H41NO4. The highest BCUT2D eigenvalue weighted by molar-refractivity contribution is 6.04. The van der Waals surface area contributed by atoms with Gasteiger partial charge in [0.25, 0.3) is 0 Å². The molecule has 0 radical (unpaired) electrons. The number of carboxylic acids is 1. The second kappa shape index (κ2) is 7.21. The number of carbonyl (C=O) groups excluding carboxylic acids is 2. The number of fused-ring (bicyclic) bond motifs is 7. The zero-order chi connectivity index (χ0) is 26.7. The second-order valence-electron chi connectivity index (χ2n) is 14.7. The maximum absolute atomic E-state index is 14.2. The summed E-state index contributed by atoms with van der Waals surface area (Å²) in [5.74, 6) is -1.27. The maximum atomic E-state index is 14.2. The molecule has 194 valence electrons. The predicted octanol–water partition coefficient (Wildman–Crippen LogP) is 6.29. The minimum absolute atomic E-state index is 0.00880. The first kappa shape index (κ1) is 25.4. The van der Waals surface area contributed by atoms with Gasteiger partial charge in [0.05, 0.1) is 11.0 Å². The van der Waals surface area contributed by atoms with Gasteiger partial charge in [0.2, 0.25) is 0 Å². The van der Waals surface area contributed by atoms with E-state index in [0.717, 1.165) is 31.3 Å². The van der Waals surface area contributed by atoms with Crippen LogP contribution < -0.4 is 0 Å². The summed E-state index contributed by atoms with van der Waals surface area (Å²) in [4.78, 5) is 40.2. The van der Waals surface area contributed by atoms with Crippen LogP contribution in [0.5, 0.6) is 0 Å². The smallest absolute Gasteiger partial charge is 0.309 e. The minimum atomic E-state index is -0.828. The summed E-state index contributed by atoms with van der Waals surface area (Å²) in [5.41, 5.74) is -1.49. The van der Waals surface area contributed by atoms with E-state index in [0.29, 0.717) is 19.3 Å². The van der Waals surface area contributed by atoms with Gasteiger partial charge in [-0.25, -0.2) is 0 Å². The van der Waals surface area contributed by atoms with Gasteiger partial charge >= 0.3 is 5.97 Å². The number of hydrogen-bond donors (Lipinski definition) is 1. The molecule has 1 N–H and O–H groups in total. The van der Waals surface area contributed by atoms with E-state index in [1.807, 2.05) is 26.0 Å². The third kappa shape index (κ3) is 2.85. The second-order valence-corrected chi connectivity index (χ2v) is 14.7. The molecule has 7 atom stereocenters. The van der Waals surface area contributed by atoms with Gasteiger partial charge in [0.15, 0.2) is 11.6 Å². The summed E-state index contributed by atoms with van der Waals surface area (Å²) in [7, 11) is 0. The minimum Gasteiger partial charge on any atom is -0.481 e. The van der Waals surface area contributed by atoms with Gasteiger partial charge in [-0.1, -0.05) is 60.1 Å². The molecule has 0 saturated heterocycles. The van der Waals surface area contributed by atoms with E-state index >= 15 is 0 Å². The van der Waals surface area contributed by atoms with Crippen molar-refractivity contribution in [1.29, 1.82) is 5.26 Å². The Balaban J connectivity index is 1.71. The summed E-state index contributed by atoms with van der Waals surface area (Å²) in [6, 6.07) is 2.15. The molecular weight excluding hydrogens is 450 g/mol. The molecule has 0 aromatic carbocycles. The average Bonchev–Trinajstić information content (AvgIpc) is 2.77. The molecule has 5 rings (SSSR count). The van der Waals surface area contributed by atoms with Crippen LogP contribution in [-0.4, -0.2) is 22.6 Å². The van der Waals surface area contributed by atoms with Gasteiger partial charge in [-0.3, -0.25) is 14.4 Å². The van der Waals surface area contributed by atoms with Crippen LogP contribution in [0.3, 0.4) is 0 Å². The Bertz CT molecular complexity index is 1180. The topological polar surface area (TPSA) is 95.2 Å². The van der Waals surface area contributed by atoms with Gasteiger partial charge in [-0.15, -0.1) is 0 Å². The number of nitriles is 1. The van der Waals surface area contributed by atoms with Crippen LogP contribution in [0.25, 0.3) is 0 Å². The number of hydrogen-bond acceptors (Lipinski definition) is 4. The number of allylic oxidation sites excluding steroid dienone is 4. The van der Waals surface area contributed by atoms with Crippen LogP contribution in [0.2, 0.25) is 0 Å². The lowest BCUT2D eigenvalue weighted by atomic mass is 9.34. The number of Topliss-reactive ketones (excluding diaryl/α,β-unsaturated/α-hetero) is 1. The fraction of sp³-hybridized carbons (Fsp3) is 0.742. The zero-order valence-electron chi connectivity index (χ0n) is 23.0. The van der Waals surface area contributed by atoms with Crippen LogP contribution in [0.4, 0.5) is 0 Å². The molecule has 5 nitrogen and oxygen atoms in total. The van der Waals surface area contributed by atoms with E-state index in [-0.39, 0.29) is 51.1 Å². The molecule has 0 amide bonds.